The molecule has 4 nitrogen and oxygen atoms in total. The molecule has 29 heavy (non-hydrogen) atoms. The van der Waals surface area contributed by atoms with Crippen LogP contribution in [0, 0.1) is 0 Å². The highest BCUT2D eigenvalue weighted by Gasteiger charge is 2.13. The molecular formula is C24H26N2O2S. The van der Waals surface area contributed by atoms with Gasteiger partial charge in [-0.25, -0.2) is 4.79 Å². The minimum atomic E-state index is -0.137. The van der Waals surface area contributed by atoms with Crippen LogP contribution >= 0.6 is 12.6 Å². The van der Waals surface area contributed by atoms with Gasteiger partial charge < -0.3 is 10.6 Å². The first-order chi connectivity index (χ1) is 14.1. The Kier molecular flexibility index (Phi) is 7.30. The standard InChI is InChI=1S/C24H26N2O2S/c1-2-12-25-24(28)26-13-6-9-18-14-20(23(27)17-7-4-3-5-8-17)15-19-10-11-21(29)16-22(18)19/h3-5,7-8,10-11,14-16,29H,2,6,9,12-13H2,1H3,(H2,25,26,28). The quantitative estimate of drug-likeness (QED) is 0.280. The Bertz CT molecular complexity index is 1000. The van der Waals surface area contributed by atoms with Crippen molar-refractivity contribution in [1.29, 1.82) is 0 Å². The highest BCUT2D eigenvalue weighted by Crippen LogP contribution is 2.26. The number of carbonyl (C=O) groups is 2. The number of ketones is 1. The minimum absolute atomic E-state index is 0.0146. The molecule has 150 valence electrons. The summed E-state index contributed by atoms with van der Waals surface area (Å²) in [6.07, 6.45) is 2.46. The Morgan fingerprint density at radius 3 is 2.41 bits per heavy atom. The van der Waals surface area contributed by atoms with E-state index in [1.807, 2.05) is 67.6 Å². The summed E-state index contributed by atoms with van der Waals surface area (Å²) in [6, 6.07) is 19.1. The largest absolute Gasteiger partial charge is 0.338 e. The third-order valence-corrected chi connectivity index (χ3v) is 5.04. The molecule has 2 amide bonds. The topological polar surface area (TPSA) is 58.2 Å². The van der Waals surface area contributed by atoms with Gasteiger partial charge in [-0.05, 0) is 59.9 Å². The van der Waals surface area contributed by atoms with E-state index >= 15 is 0 Å². The van der Waals surface area contributed by atoms with Crippen molar-refractivity contribution >= 4 is 35.2 Å². The zero-order chi connectivity index (χ0) is 20.6. The van der Waals surface area contributed by atoms with E-state index in [1.54, 1.807) is 0 Å². The number of hydrogen-bond donors (Lipinski definition) is 3. The summed E-state index contributed by atoms with van der Waals surface area (Å²) in [5, 5.41) is 7.80. The van der Waals surface area contributed by atoms with Gasteiger partial charge in [0.2, 0.25) is 0 Å². The third-order valence-electron chi connectivity index (χ3n) is 4.77. The number of carbonyl (C=O) groups excluding carboxylic acids is 2. The average molecular weight is 407 g/mol. The van der Waals surface area contributed by atoms with Gasteiger partial charge in [0.15, 0.2) is 5.78 Å². The first-order valence-electron chi connectivity index (χ1n) is 9.95. The Hall–Kier alpha value is -2.79. The Labute approximate surface area is 177 Å². The highest BCUT2D eigenvalue weighted by molar-refractivity contribution is 7.80. The van der Waals surface area contributed by atoms with Crippen molar-refractivity contribution in [2.24, 2.45) is 0 Å². The van der Waals surface area contributed by atoms with E-state index < -0.39 is 0 Å². The van der Waals surface area contributed by atoms with E-state index in [-0.39, 0.29) is 11.8 Å². The fraction of sp³-hybridized carbons (Fsp3) is 0.250. The molecule has 0 spiro atoms. The summed E-state index contributed by atoms with van der Waals surface area (Å²) in [5.74, 6) is 0.0146. The molecule has 2 N–H and O–H groups in total. The van der Waals surface area contributed by atoms with Gasteiger partial charge in [0.25, 0.3) is 0 Å². The van der Waals surface area contributed by atoms with Crippen LogP contribution in [0.4, 0.5) is 4.79 Å². The van der Waals surface area contributed by atoms with Crippen LogP contribution in [0.1, 0.15) is 41.3 Å². The second-order valence-corrected chi connectivity index (χ2v) is 7.54. The number of rotatable bonds is 8. The first-order valence-corrected chi connectivity index (χ1v) is 10.4. The van der Waals surface area contributed by atoms with E-state index in [0.717, 1.165) is 40.5 Å². The molecule has 0 saturated heterocycles. The minimum Gasteiger partial charge on any atom is -0.338 e. The summed E-state index contributed by atoms with van der Waals surface area (Å²) < 4.78 is 0. The van der Waals surface area contributed by atoms with Crippen LogP contribution in [0.25, 0.3) is 10.8 Å². The number of aryl methyl sites for hydroxylation is 1. The number of fused-ring (bicyclic) bond motifs is 1. The summed E-state index contributed by atoms with van der Waals surface area (Å²) in [4.78, 5) is 25.5. The van der Waals surface area contributed by atoms with Gasteiger partial charge in [0.05, 0.1) is 0 Å². The van der Waals surface area contributed by atoms with Crippen LogP contribution in [-0.4, -0.2) is 24.9 Å². The second-order valence-electron chi connectivity index (χ2n) is 7.02. The van der Waals surface area contributed by atoms with Crippen molar-refractivity contribution < 1.29 is 9.59 Å². The molecule has 0 heterocycles. The lowest BCUT2D eigenvalue weighted by Gasteiger charge is -2.12. The number of benzene rings is 3. The lowest BCUT2D eigenvalue weighted by atomic mass is 9.94. The Balaban J connectivity index is 1.80. The van der Waals surface area contributed by atoms with E-state index in [2.05, 4.69) is 23.3 Å². The van der Waals surface area contributed by atoms with E-state index in [1.165, 1.54) is 0 Å². The maximum Gasteiger partial charge on any atom is 0.314 e. The molecule has 3 rings (SSSR count). The molecule has 0 fully saturated rings. The van der Waals surface area contributed by atoms with E-state index in [4.69, 9.17) is 0 Å². The van der Waals surface area contributed by atoms with Crippen molar-refractivity contribution in [3.05, 3.63) is 77.4 Å². The number of nitrogens with one attached hydrogen (secondary N) is 2. The van der Waals surface area contributed by atoms with Crippen LogP contribution < -0.4 is 10.6 Å². The predicted octanol–water partition coefficient (Wildman–Crippen LogP) is 5.00. The Morgan fingerprint density at radius 1 is 0.897 bits per heavy atom. The zero-order valence-electron chi connectivity index (χ0n) is 16.6. The molecule has 0 atom stereocenters. The van der Waals surface area contributed by atoms with E-state index in [9.17, 15) is 9.59 Å². The SMILES string of the molecule is CCCNC(=O)NCCCc1cc(C(=O)c2ccccc2)cc2ccc(S)cc12. The van der Waals surface area contributed by atoms with Crippen LogP contribution in [0.15, 0.2) is 65.6 Å². The van der Waals surface area contributed by atoms with Crippen LogP contribution in [0.2, 0.25) is 0 Å². The van der Waals surface area contributed by atoms with Crippen molar-refractivity contribution in [3.8, 4) is 0 Å². The summed E-state index contributed by atoms with van der Waals surface area (Å²) in [7, 11) is 0. The van der Waals surface area contributed by atoms with Crippen LogP contribution in [0.3, 0.4) is 0 Å². The van der Waals surface area contributed by atoms with Gasteiger partial charge >= 0.3 is 6.03 Å². The number of urea groups is 1. The molecule has 5 heteroatoms. The highest BCUT2D eigenvalue weighted by atomic mass is 32.1. The average Bonchev–Trinajstić information content (AvgIpc) is 2.75. The zero-order valence-corrected chi connectivity index (χ0v) is 17.5. The molecule has 0 radical (unpaired) electrons. The van der Waals surface area contributed by atoms with Crippen molar-refractivity contribution in [2.45, 2.75) is 31.1 Å². The molecule has 0 aliphatic heterocycles. The lowest BCUT2D eigenvalue weighted by molar-refractivity contribution is 0.103. The van der Waals surface area contributed by atoms with Gasteiger partial charge in [-0.1, -0.05) is 43.3 Å². The normalized spacial score (nSPS) is 10.7. The number of hydrogen-bond acceptors (Lipinski definition) is 3. The first kappa shape index (κ1) is 20.9. The van der Waals surface area contributed by atoms with Crippen LogP contribution in [-0.2, 0) is 6.42 Å². The molecule has 0 aliphatic rings. The van der Waals surface area contributed by atoms with Crippen molar-refractivity contribution in [1.82, 2.24) is 10.6 Å². The molecular weight excluding hydrogens is 380 g/mol. The molecule has 3 aromatic rings. The van der Waals surface area contributed by atoms with Crippen LogP contribution in [0.5, 0.6) is 0 Å². The van der Waals surface area contributed by atoms with Crippen molar-refractivity contribution in [2.75, 3.05) is 13.1 Å². The number of amides is 2. The van der Waals surface area contributed by atoms with Gasteiger partial charge in [-0.15, -0.1) is 12.6 Å². The number of thiol groups is 1. The molecule has 0 saturated carbocycles. The fourth-order valence-electron chi connectivity index (χ4n) is 3.30. The van der Waals surface area contributed by atoms with Crippen molar-refractivity contribution in [3.63, 3.8) is 0 Å². The van der Waals surface area contributed by atoms with Gasteiger partial charge in [-0.3, -0.25) is 4.79 Å². The van der Waals surface area contributed by atoms with Gasteiger partial charge in [0.1, 0.15) is 0 Å². The maximum absolute atomic E-state index is 12.9. The predicted molar refractivity (Wildman–Crippen MR) is 121 cm³/mol. The second kappa shape index (κ2) is 10.1. The maximum atomic E-state index is 12.9. The monoisotopic (exact) mass is 406 g/mol. The summed E-state index contributed by atoms with van der Waals surface area (Å²) >= 11 is 4.47. The lowest BCUT2D eigenvalue weighted by Crippen LogP contribution is -2.36. The Morgan fingerprint density at radius 2 is 1.66 bits per heavy atom. The molecule has 0 aliphatic carbocycles. The molecule has 0 aromatic heterocycles. The molecule has 0 unspecified atom stereocenters. The van der Waals surface area contributed by atoms with Gasteiger partial charge in [-0.2, -0.15) is 0 Å². The summed E-state index contributed by atoms with van der Waals surface area (Å²) in [6.45, 7) is 3.27. The van der Waals surface area contributed by atoms with E-state index in [0.29, 0.717) is 24.2 Å². The smallest absolute Gasteiger partial charge is 0.314 e. The molecule has 0 bridgehead atoms. The summed E-state index contributed by atoms with van der Waals surface area (Å²) in [5.41, 5.74) is 2.45. The fourth-order valence-corrected chi connectivity index (χ4v) is 3.50. The van der Waals surface area contributed by atoms with Gasteiger partial charge in [0, 0.05) is 29.1 Å². The molecule has 3 aromatic carbocycles. The third kappa shape index (κ3) is 5.61.